The van der Waals surface area contributed by atoms with E-state index in [1.54, 1.807) is 11.5 Å². The highest BCUT2D eigenvalue weighted by atomic mass is 32.1. The number of benzene rings is 1. The number of anilines is 1. The number of hydrogen-bond acceptors (Lipinski definition) is 4. The maximum Gasteiger partial charge on any atom is 0.150 e. The molecule has 1 fully saturated rings. The summed E-state index contributed by atoms with van der Waals surface area (Å²) in [7, 11) is 0. The van der Waals surface area contributed by atoms with Crippen LogP contribution in [-0.2, 0) is 0 Å². The average molecular weight is 273 g/mol. The number of piperazine rings is 1. The van der Waals surface area contributed by atoms with Crippen LogP contribution in [-0.4, -0.2) is 42.0 Å². The first-order chi connectivity index (χ1) is 9.38. The molecule has 0 N–H and O–H groups in total. The van der Waals surface area contributed by atoms with Gasteiger partial charge in [0.25, 0.3) is 0 Å². The van der Waals surface area contributed by atoms with Crippen molar-refractivity contribution >= 4 is 17.4 Å². The van der Waals surface area contributed by atoms with Gasteiger partial charge in [-0.1, -0.05) is 37.3 Å². The van der Waals surface area contributed by atoms with Gasteiger partial charge in [-0.3, -0.25) is 0 Å². The van der Waals surface area contributed by atoms with Crippen LogP contribution in [0.5, 0.6) is 0 Å². The molecule has 0 atom stereocenters. The van der Waals surface area contributed by atoms with E-state index < -0.39 is 0 Å². The molecular weight excluding hydrogens is 254 g/mol. The maximum absolute atomic E-state index is 4.62. The van der Waals surface area contributed by atoms with Crippen molar-refractivity contribution in [3.05, 3.63) is 35.7 Å². The fourth-order valence-electron chi connectivity index (χ4n) is 2.55. The summed E-state index contributed by atoms with van der Waals surface area (Å²) in [5.74, 6) is 1.16. The molecule has 0 aliphatic carbocycles. The van der Waals surface area contributed by atoms with Gasteiger partial charge in [0.05, 0.1) is 0 Å². The van der Waals surface area contributed by atoms with Gasteiger partial charge >= 0.3 is 0 Å². The summed E-state index contributed by atoms with van der Waals surface area (Å²) in [5.41, 5.74) is 2.54. The van der Waals surface area contributed by atoms with Gasteiger partial charge in [-0.05, 0) is 23.6 Å². The molecule has 0 amide bonds. The molecule has 3 rings (SSSR count). The topological polar surface area (TPSA) is 19.4 Å². The smallest absolute Gasteiger partial charge is 0.150 e. The van der Waals surface area contributed by atoms with Crippen molar-refractivity contribution in [1.82, 2.24) is 9.27 Å². The Labute approximate surface area is 118 Å². The zero-order chi connectivity index (χ0) is 13.1. The van der Waals surface area contributed by atoms with Crippen molar-refractivity contribution in [2.45, 2.75) is 6.92 Å². The molecule has 1 aliphatic heterocycles. The van der Waals surface area contributed by atoms with Gasteiger partial charge in [-0.25, -0.2) is 0 Å². The Balaban J connectivity index is 1.81. The van der Waals surface area contributed by atoms with E-state index in [1.807, 2.05) is 0 Å². The maximum atomic E-state index is 4.62. The van der Waals surface area contributed by atoms with Crippen molar-refractivity contribution < 1.29 is 0 Å². The number of rotatable bonds is 3. The summed E-state index contributed by atoms with van der Waals surface area (Å²) in [6.45, 7) is 7.82. The zero-order valence-corrected chi connectivity index (χ0v) is 12.1. The number of likely N-dealkylation sites (N-methyl/N-ethyl adjacent to an activating group) is 1. The van der Waals surface area contributed by atoms with Crippen LogP contribution in [0.2, 0.25) is 0 Å². The lowest BCUT2D eigenvalue weighted by atomic mass is 10.1. The Bertz CT molecular complexity index is 515. The first kappa shape index (κ1) is 12.6. The monoisotopic (exact) mass is 273 g/mol. The van der Waals surface area contributed by atoms with Crippen LogP contribution in [0, 0.1) is 0 Å². The van der Waals surface area contributed by atoms with Gasteiger partial charge < -0.3 is 9.80 Å². The minimum Gasteiger partial charge on any atom is -0.353 e. The van der Waals surface area contributed by atoms with Crippen LogP contribution in [0.25, 0.3) is 11.1 Å². The van der Waals surface area contributed by atoms with Crippen LogP contribution in [0.3, 0.4) is 0 Å². The molecule has 0 saturated carbocycles. The van der Waals surface area contributed by atoms with Gasteiger partial charge in [0.1, 0.15) is 5.82 Å². The predicted molar refractivity (Wildman–Crippen MR) is 81.9 cm³/mol. The fourth-order valence-corrected chi connectivity index (χ4v) is 3.26. The van der Waals surface area contributed by atoms with E-state index in [9.17, 15) is 0 Å². The highest BCUT2D eigenvalue weighted by Gasteiger charge is 2.20. The normalized spacial score (nSPS) is 16.8. The molecule has 1 aliphatic rings. The van der Waals surface area contributed by atoms with Crippen LogP contribution in [0.4, 0.5) is 5.82 Å². The molecular formula is C15H19N3S. The van der Waals surface area contributed by atoms with E-state index in [4.69, 9.17) is 0 Å². The minimum absolute atomic E-state index is 1.08. The molecule has 0 spiro atoms. The van der Waals surface area contributed by atoms with Crippen molar-refractivity contribution in [3.63, 3.8) is 0 Å². The molecule has 100 valence electrons. The first-order valence-corrected chi connectivity index (χ1v) is 7.69. The zero-order valence-electron chi connectivity index (χ0n) is 11.2. The summed E-state index contributed by atoms with van der Waals surface area (Å²) >= 11 is 1.56. The molecule has 1 aromatic carbocycles. The second-order valence-corrected chi connectivity index (χ2v) is 5.47. The van der Waals surface area contributed by atoms with Crippen molar-refractivity contribution in [3.8, 4) is 11.1 Å². The lowest BCUT2D eigenvalue weighted by Crippen LogP contribution is -2.46. The third-order valence-electron chi connectivity index (χ3n) is 3.75. The van der Waals surface area contributed by atoms with E-state index in [2.05, 4.69) is 56.8 Å². The van der Waals surface area contributed by atoms with E-state index in [0.717, 1.165) is 38.5 Å². The van der Waals surface area contributed by atoms with Gasteiger partial charge in [0, 0.05) is 37.1 Å². The molecule has 19 heavy (non-hydrogen) atoms. The van der Waals surface area contributed by atoms with E-state index in [0.29, 0.717) is 0 Å². The Morgan fingerprint density at radius 1 is 1.11 bits per heavy atom. The SMILES string of the molecule is CCN1CCN(c2nscc2-c2ccccc2)CC1. The van der Waals surface area contributed by atoms with Crippen LogP contribution in [0.1, 0.15) is 6.92 Å². The third kappa shape index (κ3) is 2.65. The summed E-state index contributed by atoms with van der Waals surface area (Å²) in [4.78, 5) is 4.91. The number of nitrogens with zero attached hydrogens (tertiary/aromatic N) is 3. The first-order valence-electron chi connectivity index (χ1n) is 6.85. The van der Waals surface area contributed by atoms with Gasteiger partial charge in [0.15, 0.2) is 0 Å². The van der Waals surface area contributed by atoms with Gasteiger partial charge in [-0.15, -0.1) is 0 Å². The minimum atomic E-state index is 1.08. The molecule has 1 saturated heterocycles. The van der Waals surface area contributed by atoms with Gasteiger partial charge in [0.2, 0.25) is 0 Å². The lowest BCUT2D eigenvalue weighted by Gasteiger charge is -2.34. The highest BCUT2D eigenvalue weighted by Crippen LogP contribution is 2.31. The number of aromatic nitrogens is 1. The molecule has 3 nitrogen and oxygen atoms in total. The van der Waals surface area contributed by atoms with Crippen molar-refractivity contribution in [2.75, 3.05) is 37.6 Å². The van der Waals surface area contributed by atoms with Crippen molar-refractivity contribution in [2.24, 2.45) is 0 Å². The largest absolute Gasteiger partial charge is 0.353 e. The molecule has 0 unspecified atom stereocenters. The van der Waals surface area contributed by atoms with Crippen LogP contribution < -0.4 is 4.90 Å². The standard InChI is InChI=1S/C15H19N3S/c1-2-17-8-10-18(11-9-17)15-14(12-19-16-15)13-6-4-3-5-7-13/h3-7,12H,2,8-11H2,1H3. The molecule has 1 aromatic heterocycles. The molecule has 0 bridgehead atoms. The number of hydrogen-bond donors (Lipinski definition) is 0. The quantitative estimate of drug-likeness (QED) is 0.857. The Morgan fingerprint density at radius 3 is 2.53 bits per heavy atom. The van der Waals surface area contributed by atoms with Crippen LogP contribution in [0.15, 0.2) is 35.7 Å². The molecule has 2 heterocycles. The fraction of sp³-hybridized carbons (Fsp3) is 0.400. The Kier molecular flexibility index (Phi) is 3.80. The summed E-state index contributed by atoms with van der Waals surface area (Å²) in [6, 6.07) is 10.6. The Morgan fingerprint density at radius 2 is 1.84 bits per heavy atom. The second-order valence-electron chi connectivity index (χ2n) is 4.84. The van der Waals surface area contributed by atoms with E-state index in [-0.39, 0.29) is 0 Å². The summed E-state index contributed by atoms with van der Waals surface area (Å²) in [6.07, 6.45) is 0. The van der Waals surface area contributed by atoms with Gasteiger partial charge in [-0.2, -0.15) is 4.37 Å². The van der Waals surface area contributed by atoms with E-state index in [1.165, 1.54) is 11.1 Å². The van der Waals surface area contributed by atoms with Crippen LogP contribution >= 0.6 is 11.5 Å². The molecule has 2 aromatic rings. The average Bonchev–Trinajstić information content (AvgIpc) is 2.98. The summed E-state index contributed by atoms with van der Waals surface area (Å²) in [5, 5.41) is 2.16. The van der Waals surface area contributed by atoms with E-state index >= 15 is 0 Å². The summed E-state index contributed by atoms with van der Waals surface area (Å²) < 4.78 is 4.62. The lowest BCUT2D eigenvalue weighted by molar-refractivity contribution is 0.271. The second kappa shape index (κ2) is 5.72. The third-order valence-corrected chi connectivity index (χ3v) is 4.37. The Hall–Kier alpha value is -1.39. The molecule has 0 radical (unpaired) electrons. The highest BCUT2D eigenvalue weighted by molar-refractivity contribution is 7.04. The predicted octanol–water partition coefficient (Wildman–Crippen LogP) is 2.95. The molecule has 4 heteroatoms. The van der Waals surface area contributed by atoms with Crippen molar-refractivity contribution in [1.29, 1.82) is 0 Å².